The predicted molar refractivity (Wildman–Crippen MR) is 105 cm³/mol. The molecule has 27 heavy (non-hydrogen) atoms. The van der Waals surface area contributed by atoms with Crippen molar-refractivity contribution in [3.8, 4) is 5.75 Å². The monoisotopic (exact) mass is 358 g/mol. The molecule has 3 aromatic carbocycles. The van der Waals surface area contributed by atoms with Crippen LogP contribution >= 0.6 is 0 Å². The Morgan fingerprint density at radius 2 is 1.26 bits per heavy atom. The number of esters is 1. The van der Waals surface area contributed by atoms with Crippen LogP contribution in [0.3, 0.4) is 0 Å². The van der Waals surface area contributed by atoms with Gasteiger partial charge >= 0.3 is 5.97 Å². The van der Waals surface area contributed by atoms with Gasteiger partial charge in [0.25, 0.3) is 0 Å². The Balaban J connectivity index is 1.96. The van der Waals surface area contributed by atoms with Gasteiger partial charge in [-0.05, 0) is 35.2 Å². The molecule has 0 saturated heterocycles. The molecule has 0 aromatic heterocycles. The minimum absolute atomic E-state index is 0.201. The molecule has 1 aliphatic carbocycles. The van der Waals surface area contributed by atoms with Gasteiger partial charge in [-0.3, -0.25) is 4.79 Å². The third kappa shape index (κ3) is 2.46. The molecule has 4 rings (SSSR count). The van der Waals surface area contributed by atoms with Gasteiger partial charge in [-0.2, -0.15) is 0 Å². The van der Waals surface area contributed by atoms with Gasteiger partial charge in [-0.15, -0.1) is 0 Å². The molecule has 136 valence electrons. The van der Waals surface area contributed by atoms with Crippen LogP contribution < -0.4 is 4.74 Å². The summed E-state index contributed by atoms with van der Waals surface area (Å²) in [5.74, 6) is 0.597. The molecule has 3 aromatic rings. The van der Waals surface area contributed by atoms with Crippen LogP contribution in [0.15, 0.2) is 84.9 Å². The van der Waals surface area contributed by atoms with E-state index in [1.165, 1.54) is 7.11 Å². The van der Waals surface area contributed by atoms with E-state index in [-0.39, 0.29) is 5.97 Å². The lowest BCUT2D eigenvalue weighted by Crippen LogP contribution is -2.32. The van der Waals surface area contributed by atoms with Gasteiger partial charge in [-0.25, -0.2) is 0 Å². The number of carbonyl (C=O) groups excluding carboxylic acids is 1. The van der Waals surface area contributed by atoms with Crippen LogP contribution in [0.2, 0.25) is 0 Å². The van der Waals surface area contributed by atoms with Crippen LogP contribution in [0.25, 0.3) is 0 Å². The number of hydrogen-bond donors (Lipinski definition) is 0. The van der Waals surface area contributed by atoms with E-state index in [0.717, 1.165) is 22.4 Å². The molecule has 0 N–H and O–H groups in total. The van der Waals surface area contributed by atoms with Crippen molar-refractivity contribution in [1.29, 1.82) is 0 Å². The maximum Gasteiger partial charge on any atom is 0.317 e. The van der Waals surface area contributed by atoms with E-state index in [1.807, 2.05) is 60.7 Å². The summed E-state index contributed by atoms with van der Waals surface area (Å²) >= 11 is 0. The number of methoxy groups -OCH3 is 2. The first-order valence-electron chi connectivity index (χ1n) is 9.03. The Morgan fingerprint density at radius 3 is 1.78 bits per heavy atom. The highest BCUT2D eigenvalue weighted by molar-refractivity contribution is 5.93. The molecule has 0 aliphatic heterocycles. The van der Waals surface area contributed by atoms with Gasteiger partial charge in [0.2, 0.25) is 0 Å². The van der Waals surface area contributed by atoms with Crippen LogP contribution in [0, 0.1) is 0 Å². The van der Waals surface area contributed by atoms with E-state index in [0.29, 0.717) is 6.42 Å². The Kier molecular flexibility index (Phi) is 4.23. The fourth-order valence-corrected chi connectivity index (χ4v) is 4.42. The van der Waals surface area contributed by atoms with Crippen molar-refractivity contribution in [1.82, 2.24) is 0 Å². The largest absolute Gasteiger partial charge is 0.497 e. The first-order chi connectivity index (χ1) is 13.2. The number of hydrogen-bond acceptors (Lipinski definition) is 3. The van der Waals surface area contributed by atoms with Crippen LogP contribution in [-0.4, -0.2) is 20.2 Å². The molecule has 3 heteroatoms. The van der Waals surface area contributed by atoms with E-state index in [9.17, 15) is 4.79 Å². The van der Waals surface area contributed by atoms with Crippen molar-refractivity contribution in [3.05, 3.63) is 102 Å². The van der Waals surface area contributed by atoms with E-state index < -0.39 is 10.8 Å². The minimum Gasteiger partial charge on any atom is -0.497 e. The molecule has 2 atom stereocenters. The highest BCUT2D eigenvalue weighted by atomic mass is 16.5. The first-order valence-corrected chi connectivity index (χ1v) is 9.03. The molecule has 0 spiro atoms. The molecular formula is C24H22O3. The van der Waals surface area contributed by atoms with Gasteiger partial charge in [0, 0.05) is 5.41 Å². The summed E-state index contributed by atoms with van der Waals surface area (Å²) in [6.45, 7) is 0. The highest BCUT2D eigenvalue weighted by Gasteiger charge is 2.74. The Labute approximate surface area is 159 Å². The fraction of sp³-hybridized carbons (Fsp3) is 0.208. The lowest BCUT2D eigenvalue weighted by Gasteiger charge is -2.26. The zero-order valence-corrected chi connectivity index (χ0v) is 15.5. The van der Waals surface area contributed by atoms with Gasteiger partial charge in [0.15, 0.2) is 0 Å². The van der Waals surface area contributed by atoms with E-state index in [2.05, 4.69) is 24.3 Å². The van der Waals surface area contributed by atoms with Crippen LogP contribution in [-0.2, 0) is 20.4 Å². The fourth-order valence-electron chi connectivity index (χ4n) is 4.42. The number of benzene rings is 3. The second kappa shape index (κ2) is 6.58. The average molecular weight is 358 g/mol. The topological polar surface area (TPSA) is 35.5 Å². The molecule has 0 bridgehead atoms. The second-order valence-electron chi connectivity index (χ2n) is 6.94. The standard InChI is InChI=1S/C24H22O3/c1-26-21-15-13-20(14-16-21)23(18-9-5-3-6-10-18)17-24(23,22(25)27-2)19-11-7-4-8-12-19/h3-16H,17H2,1-2H3/t23-,24-/m1/s1. The molecule has 1 aliphatic rings. The zero-order chi connectivity index (χ0) is 18.9. The van der Waals surface area contributed by atoms with Crippen LogP contribution in [0.5, 0.6) is 5.75 Å². The van der Waals surface area contributed by atoms with E-state index >= 15 is 0 Å². The minimum atomic E-state index is -0.737. The Morgan fingerprint density at radius 1 is 0.741 bits per heavy atom. The SMILES string of the molecule is COC(=O)[C@]1(c2ccccc2)C[C@@]1(c1ccccc1)c1ccc(OC)cc1. The molecule has 0 heterocycles. The molecule has 0 amide bonds. The molecular weight excluding hydrogens is 336 g/mol. The maximum atomic E-state index is 13.1. The van der Waals surface area contributed by atoms with Crippen LogP contribution in [0.4, 0.5) is 0 Å². The third-order valence-electron chi connectivity index (χ3n) is 5.78. The summed E-state index contributed by atoms with van der Waals surface area (Å²) in [4.78, 5) is 13.1. The maximum absolute atomic E-state index is 13.1. The molecule has 0 unspecified atom stereocenters. The van der Waals surface area contributed by atoms with Crippen molar-refractivity contribution in [2.45, 2.75) is 17.3 Å². The molecule has 1 fully saturated rings. The summed E-state index contributed by atoms with van der Waals surface area (Å²) in [6.07, 6.45) is 0.674. The lowest BCUT2D eigenvalue weighted by atomic mass is 9.77. The summed E-state index contributed by atoms with van der Waals surface area (Å²) in [6, 6.07) is 28.2. The lowest BCUT2D eigenvalue weighted by molar-refractivity contribution is -0.144. The summed E-state index contributed by atoms with van der Waals surface area (Å²) in [7, 11) is 3.12. The van der Waals surface area contributed by atoms with Crippen molar-refractivity contribution in [2.75, 3.05) is 14.2 Å². The Hall–Kier alpha value is -3.07. The van der Waals surface area contributed by atoms with Gasteiger partial charge in [0.05, 0.1) is 14.2 Å². The predicted octanol–water partition coefficient (Wildman–Crippen LogP) is 4.50. The van der Waals surface area contributed by atoms with Gasteiger partial charge in [0.1, 0.15) is 11.2 Å². The average Bonchev–Trinajstić information content (AvgIpc) is 3.47. The van der Waals surface area contributed by atoms with Crippen molar-refractivity contribution >= 4 is 5.97 Å². The van der Waals surface area contributed by atoms with Gasteiger partial charge < -0.3 is 9.47 Å². The molecule has 3 nitrogen and oxygen atoms in total. The van der Waals surface area contributed by atoms with Crippen molar-refractivity contribution in [3.63, 3.8) is 0 Å². The number of carbonyl (C=O) groups is 1. The van der Waals surface area contributed by atoms with Crippen molar-refractivity contribution in [2.24, 2.45) is 0 Å². The smallest absolute Gasteiger partial charge is 0.317 e. The summed E-state index contributed by atoms with van der Waals surface area (Å²) in [5, 5.41) is 0. The zero-order valence-electron chi connectivity index (χ0n) is 15.5. The normalized spacial score (nSPS) is 23.5. The van der Waals surface area contributed by atoms with E-state index in [1.54, 1.807) is 7.11 Å². The number of ether oxygens (including phenoxy) is 2. The summed E-state index contributed by atoms with van der Waals surface area (Å²) in [5.41, 5.74) is 1.98. The summed E-state index contributed by atoms with van der Waals surface area (Å²) < 4.78 is 10.6. The van der Waals surface area contributed by atoms with Crippen LogP contribution in [0.1, 0.15) is 23.1 Å². The molecule has 1 saturated carbocycles. The quantitative estimate of drug-likeness (QED) is 0.630. The highest BCUT2D eigenvalue weighted by Crippen LogP contribution is 2.69. The number of rotatable bonds is 5. The van der Waals surface area contributed by atoms with Gasteiger partial charge in [-0.1, -0.05) is 72.8 Å². The van der Waals surface area contributed by atoms with Crippen molar-refractivity contribution < 1.29 is 14.3 Å². The first kappa shape index (κ1) is 17.3. The molecule has 0 radical (unpaired) electrons. The van der Waals surface area contributed by atoms with E-state index in [4.69, 9.17) is 9.47 Å². The second-order valence-corrected chi connectivity index (χ2v) is 6.94. The third-order valence-corrected chi connectivity index (χ3v) is 5.78. The Bertz CT molecular complexity index is 934.